The molecule has 0 aliphatic heterocycles. The summed E-state index contributed by atoms with van der Waals surface area (Å²) in [4.78, 5) is 11.1. The smallest absolute Gasteiger partial charge is 0.175 e. The second-order valence-corrected chi connectivity index (χ2v) is 5.39. The van der Waals surface area contributed by atoms with Crippen molar-refractivity contribution in [3.05, 3.63) is 28.8 Å². The summed E-state index contributed by atoms with van der Waals surface area (Å²) in [6, 6.07) is 4.08. The van der Waals surface area contributed by atoms with Crippen molar-refractivity contribution >= 4 is 27.2 Å². The van der Waals surface area contributed by atoms with Crippen molar-refractivity contribution in [1.29, 1.82) is 0 Å². The molecule has 0 aliphatic carbocycles. The first-order valence-electron chi connectivity index (χ1n) is 3.83. The van der Waals surface area contributed by atoms with Gasteiger partial charge in [0.25, 0.3) is 0 Å². The van der Waals surface area contributed by atoms with Gasteiger partial charge in [0.15, 0.2) is 15.6 Å². The summed E-state index contributed by atoms with van der Waals surface area (Å²) in [6.07, 6.45) is 1.09. The number of sulfone groups is 1. The molecule has 0 atom stereocenters. The van der Waals surface area contributed by atoms with Crippen molar-refractivity contribution in [2.75, 3.05) is 6.26 Å². The lowest BCUT2D eigenvalue weighted by atomic mass is 10.1. The Bertz CT molecular complexity index is 477. The second-order valence-electron chi connectivity index (χ2n) is 2.97. The second kappa shape index (κ2) is 3.71. The van der Waals surface area contributed by atoms with E-state index in [-0.39, 0.29) is 15.7 Å². The molecular weight excluding hydrogens is 224 g/mol. The summed E-state index contributed by atoms with van der Waals surface area (Å²) in [5.74, 6) is -0.185. The van der Waals surface area contributed by atoms with Crippen LogP contribution in [-0.2, 0) is 9.84 Å². The van der Waals surface area contributed by atoms with Crippen LogP contribution in [0.15, 0.2) is 23.1 Å². The molecule has 0 aromatic heterocycles. The van der Waals surface area contributed by atoms with E-state index >= 15 is 0 Å². The van der Waals surface area contributed by atoms with Crippen molar-refractivity contribution in [2.45, 2.75) is 11.8 Å². The van der Waals surface area contributed by atoms with Gasteiger partial charge in [0.1, 0.15) is 0 Å². The topological polar surface area (TPSA) is 51.2 Å². The van der Waals surface area contributed by atoms with Gasteiger partial charge in [0.2, 0.25) is 0 Å². The van der Waals surface area contributed by atoms with E-state index in [1.54, 1.807) is 0 Å². The maximum atomic E-state index is 11.1. The predicted molar refractivity (Wildman–Crippen MR) is 54.6 cm³/mol. The van der Waals surface area contributed by atoms with Crippen molar-refractivity contribution in [3.8, 4) is 0 Å². The SMILES string of the molecule is CC(=O)c1ccc(S(C)(=O)=O)cc1Cl. The van der Waals surface area contributed by atoms with Crippen LogP contribution in [0.5, 0.6) is 0 Å². The third-order valence-corrected chi connectivity index (χ3v) is 3.17. The van der Waals surface area contributed by atoms with Crippen LogP contribution in [0.1, 0.15) is 17.3 Å². The lowest BCUT2D eigenvalue weighted by Crippen LogP contribution is -1.99. The molecular formula is C9H9ClO3S. The molecule has 0 bridgehead atoms. The Morgan fingerprint density at radius 3 is 2.29 bits per heavy atom. The first kappa shape index (κ1) is 11.2. The molecule has 1 aromatic carbocycles. The number of rotatable bonds is 2. The molecule has 0 unspecified atom stereocenters. The van der Waals surface area contributed by atoms with E-state index in [2.05, 4.69) is 0 Å². The molecule has 1 rings (SSSR count). The Kier molecular flexibility index (Phi) is 2.97. The summed E-state index contributed by atoms with van der Waals surface area (Å²) < 4.78 is 22.2. The molecule has 3 nitrogen and oxygen atoms in total. The molecule has 0 fully saturated rings. The maximum Gasteiger partial charge on any atom is 0.175 e. The highest BCUT2D eigenvalue weighted by Crippen LogP contribution is 2.21. The number of carbonyl (C=O) groups is 1. The molecule has 14 heavy (non-hydrogen) atoms. The summed E-state index contributed by atoms with van der Waals surface area (Å²) in [5, 5.41) is 0.167. The number of halogens is 1. The lowest BCUT2D eigenvalue weighted by molar-refractivity contribution is 0.101. The normalized spacial score (nSPS) is 11.4. The van der Waals surface area contributed by atoms with Crippen LogP contribution in [0.2, 0.25) is 5.02 Å². The molecule has 0 saturated heterocycles. The van der Waals surface area contributed by atoms with E-state index in [1.165, 1.54) is 25.1 Å². The highest BCUT2D eigenvalue weighted by Gasteiger charge is 2.11. The van der Waals surface area contributed by atoms with E-state index in [9.17, 15) is 13.2 Å². The maximum absolute atomic E-state index is 11.1. The van der Waals surface area contributed by atoms with Gasteiger partial charge in [-0.2, -0.15) is 0 Å². The Morgan fingerprint density at radius 2 is 1.93 bits per heavy atom. The monoisotopic (exact) mass is 232 g/mol. The first-order chi connectivity index (χ1) is 6.32. The van der Waals surface area contributed by atoms with Crippen LogP contribution in [0.4, 0.5) is 0 Å². The van der Waals surface area contributed by atoms with Crippen LogP contribution < -0.4 is 0 Å². The zero-order chi connectivity index (χ0) is 10.9. The van der Waals surface area contributed by atoms with Crippen molar-refractivity contribution in [2.24, 2.45) is 0 Å². The average Bonchev–Trinajstić information content (AvgIpc) is 2.01. The van der Waals surface area contributed by atoms with Crippen LogP contribution in [-0.4, -0.2) is 20.5 Å². The van der Waals surface area contributed by atoms with Crippen LogP contribution in [0.25, 0.3) is 0 Å². The summed E-state index contributed by atoms with van der Waals surface area (Å²) in [5.41, 5.74) is 0.332. The van der Waals surface area contributed by atoms with Gasteiger partial charge in [0, 0.05) is 11.8 Å². The fourth-order valence-electron chi connectivity index (χ4n) is 1.01. The highest BCUT2D eigenvalue weighted by molar-refractivity contribution is 7.90. The van der Waals surface area contributed by atoms with Crippen LogP contribution in [0, 0.1) is 0 Å². The Hall–Kier alpha value is -0.870. The third kappa shape index (κ3) is 2.33. The molecule has 1 aromatic rings. The number of Topliss-reactive ketones (excluding diaryl/α,β-unsaturated/α-hetero) is 1. The molecule has 0 saturated carbocycles. The molecule has 0 heterocycles. The molecule has 76 valence electrons. The Balaban J connectivity index is 3.34. The van der Waals surface area contributed by atoms with Gasteiger partial charge in [-0.05, 0) is 25.1 Å². The van der Waals surface area contributed by atoms with E-state index < -0.39 is 9.84 Å². The van der Waals surface area contributed by atoms with E-state index in [4.69, 9.17) is 11.6 Å². The molecule has 0 N–H and O–H groups in total. The van der Waals surface area contributed by atoms with Crippen LogP contribution in [0.3, 0.4) is 0 Å². The minimum atomic E-state index is -3.26. The zero-order valence-electron chi connectivity index (χ0n) is 7.74. The molecule has 5 heteroatoms. The summed E-state index contributed by atoms with van der Waals surface area (Å²) >= 11 is 5.75. The Labute approximate surface area is 87.6 Å². The standard InChI is InChI=1S/C9H9ClO3S/c1-6(11)8-4-3-7(5-9(8)10)14(2,12)13/h3-5H,1-2H3. The van der Waals surface area contributed by atoms with Gasteiger partial charge < -0.3 is 0 Å². The third-order valence-electron chi connectivity index (χ3n) is 1.75. The Morgan fingerprint density at radius 1 is 1.36 bits per heavy atom. The van der Waals surface area contributed by atoms with Gasteiger partial charge in [-0.1, -0.05) is 11.6 Å². The van der Waals surface area contributed by atoms with Gasteiger partial charge >= 0.3 is 0 Å². The van der Waals surface area contributed by atoms with Crippen molar-refractivity contribution < 1.29 is 13.2 Å². The number of hydrogen-bond donors (Lipinski definition) is 0. The van der Waals surface area contributed by atoms with Gasteiger partial charge in [-0.3, -0.25) is 4.79 Å². The van der Waals surface area contributed by atoms with Gasteiger partial charge in [-0.25, -0.2) is 8.42 Å². The fraction of sp³-hybridized carbons (Fsp3) is 0.222. The molecule has 0 aliphatic rings. The molecule has 0 spiro atoms. The minimum absolute atomic E-state index is 0.118. The summed E-state index contributed by atoms with van der Waals surface area (Å²) in [6.45, 7) is 1.38. The van der Waals surface area contributed by atoms with E-state index in [0.29, 0.717) is 5.56 Å². The lowest BCUT2D eigenvalue weighted by Gasteiger charge is -2.02. The average molecular weight is 233 g/mol. The number of ketones is 1. The van der Waals surface area contributed by atoms with E-state index in [1.807, 2.05) is 0 Å². The number of hydrogen-bond acceptors (Lipinski definition) is 3. The van der Waals surface area contributed by atoms with Crippen molar-refractivity contribution in [1.82, 2.24) is 0 Å². The minimum Gasteiger partial charge on any atom is -0.294 e. The first-order valence-corrected chi connectivity index (χ1v) is 6.10. The van der Waals surface area contributed by atoms with Gasteiger partial charge in [-0.15, -0.1) is 0 Å². The molecule has 0 amide bonds. The van der Waals surface area contributed by atoms with E-state index in [0.717, 1.165) is 6.26 Å². The molecule has 0 radical (unpaired) electrons. The van der Waals surface area contributed by atoms with Crippen molar-refractivity contribution in [3.63, 3.8) is 0 Å². The summed E-state index contributed by atoms with van der Waals surface area (Å²) in [7, 11) is -3.26. The zero-order valence-corrected chi connectivity index (χ0v) is 9.32. The number of carbonyl (C=O) groups excluding carboxylic acids is 1. The number of benzene rings is 1. The fourth-order valence-corrected chi connectivity index (χ4v) is 2.04. The van der Waals surface area contributed by atoms with Crippen LogP contribution >= 0.6 is 11.6 Å². The largest absolute Gasteiger partial charge is 0.294 e. The quantitative estimate of drug-likeness (QED) is 0.733. The highest BCUT2D eigenvalue weighted by atomic mass is 35.5. The van der Waals surface area contributed by atoms with Gasteiger partial charge in [0.05, 0.1) is 9.92 Å². The predicted octanol–water partition coefficient (Wildman–Crippen LogP) is 1.95.